The minimum absolute atomic E-state index is 0.226. The zero-order chi connectivity index (χ0) is 10.3. The molecule has 0 spiro atoms. The van der Waals surface area contributed by atoms with E-state index in [1.807, 2.05) is 14.1 Å². The van der Waals surface area contributed by atoms with E-state index in [0.29, 0.717) is 12.4 Å². The van der Waals surface area contributed by atoms with Crippen molar-refractivity contribution < 1.29 is 14.5 Å². The van der Waals surface area contributed by atoms with Crippen molar-refractivity contribution in [2.75, 3.05) is 20.6 Å². The zero-order valence-electron chi connectivity index (χ0n) is 8.21. The normalized spacial score (nSPS) is 9.38. The molecule has 13 heavy (non-hydrogen) atoms. The second kappa shape index (κ2) is 6.28. The van der Waals surface area contributed by atoms with Gasteiger partial charge in [-0.25, -0.2) is 0 Å². The number of nitrogens with two attached hydrogens (primary N) is 1. The van der Waals surface area contributed by atoms with Crippen molar-refractivity contribution in [1.29, 1.82) is 0 Å². The standard InChI is InChI=1S/C8H17N3O2/c1-11(2)8(9)10-6-4-3-5-7(12)13/h3-6H2,1-2H3,(H3,9,10,12,13)/p+1. The highest BCUT2D eigenvalue weighted by Crippen LogP contribution is 1.92. The number of carbonyl (C=O) groups is 1. The summed E-state index contributed by atoms with van der Waals surface area (Å²) in [6.45, 7) is 0.720. The lowest BCUT2D eigenvalue weighted by atomic mass is 10.2. The monoisotopic (exact) mass is 188 g/mol. The van der Waals surface area contributed by atoms with Gasteiger partial charge in [-0.15, -0.1) is 0 Å². The van der Waals surface area contributed by atoms with Crippen LogP contribution in [0.3, 0.4) is 0 Å². The number of carboxylic acids is 1. The Morgan fingerprint density at radius 2 is 2.08 bits per heavy atom. The predicted octanol–water partition coefficient (Wildman–Crippen LogP) is -0.582. The Kier molecular flexibility index (Phi) is 5.67. The van der Waals surface area contributed by atoms with Gasteiger partial charge in [-0.05, 0) is 12.8 Å². The Labute approximate surface area is 78.2 Å². The first kappa shape index (κ1) is 11.7. The quantitative estimate of drug-likeness (QED) is 0.233. The highest BCUT2D eigenvalue weighted by Gasteiger charge is 2.00. The van der Waals surface area contributed by atoms with Gasteiger partial charge >= 0.3 is 11.9 Å². The molecule has 0 bridgehead atoms. The summed E-state index contributed by atoms with van der Waals surface area (Å²) in [6, 6.07) is 0. The van der Waals surface area contributed by atoms with Gasteiger partial charge in [-0.2, -0.15) is 0 Å². The largest absolute Gasteiger partial charge is 0.481 e. The van der Waals surface area contributed by atoms with Gasteiger partial charge in [0.1, 0.15) is 0 Å². The van der Waals surface area contributed by atoms with Crippen LogP contribution in [0, 0.1) is 0 Å². The zero-order valence-corrected chi connectivity index (χ0v) is 8.21. The summed E-state index contributed by atoms with van der Waals surface area (Å²) < 4.78 is 1.77. The predicted molar refractivity (Wildman–Crippen MR) is 50.8 cm³/mol. The Morgan fingerprint density at radius 1 is 1.46 bits per heavy atom. The van der Waals surface area contributed by atoms with E-state index in [1.165, 1.54) is 0 Å². The maximum atomic E-state index is 10.1. The molecule has 0 aromatic carbocycles. The number of carboxylic acid groups (broad SMARTS) is 1. The van der Waals surface area contributed by atoms with Crippen LogP contribution in [0.5, 0.6) is 0 Å². The molecular formula is C8H18N3O2+. The van der Waals surface area contributed by atoms with Crippen LogP contribution >= 0.6 is 0 Å². The maximum absolute atomic E-state index is 10.1. The first-order valence-corrected chi connectivity index (χ1v) is 4.29. The number of unbranched alkanes of at least 4 members (excludes halogenated alkanes) is 1. The molecular weight excluding hydrogens is 170 g/mol. The fourth-order valence-corrected chi connectivity index (χ4v) is 0.776. The third-order valence-corrected chi connectivity index (χ3v) is 1.61. The van der Waals surface area contributed by atoms with Gasteiger partial charge in [0.15, 0.2) is 0 Å². The van der Waals surface area contributed by atoms with E-state index in [4.69, 9.17) is 10.8 Å². The molecule has 0 atom stereocenters. The molecule has 0 aliphatic heterocycles. The lowest BCUT2D eigenvalue weighted by Crippen LogP contribution is -2.38. The number of rotatable bonds is 5. The smallest absolute Gasteiger partial charge is 0.342 e. The van der Waals surface area contributed by atoms with Crippen LogP contribution in [-0.4, -0.2) is 42.3 Å². The van der Waals surface area contributed by atoms with Gasteiger partial charge in [0.25, 0.3) is 0 Å². The topological polar surface area (TPSA) is 78.4 Å². The van der Waals surface area contributed by atoms with E-state index in [9.17, 15) is 4.79 Å². The van der Waals surface area contributed by atoms with Crippen molar-refractivity contribution in [1.82, 2.24) is 5.32 Å². The number of hydrogen-bond acceptors (Lipinski definition) is 1. The second-order valence-electron chi connectivity index (χ2n) is 3.06. The molecule has 0 aliphatic rings. The fraction of sp³-hybridized carbons (Fsp3) is 0.750. The highest BCUT2D eigenvalue weighted by molar-refractivity contribution is 5.72. The third kappa shape index (κ3) is 7.11. The van der Waals surface area contributed by atoms with Crippen molar-refractivity contribution in [3.8, 4) is 0 Å². The van der Waals surface area contributed by atoms with E-state index in [2.05, 4.69) is 5.32 Å². The van der Waals surface area contributed by atoms with E-state index in [-0.39, 0.29) is 6.42 Å². The Hall–Kier alpha value is -1.26. The van der Waals surface area contributed by atoms with Crippen molar-refractivity contribution in [2.45, 2.75) is 19.3 Å². The number of guanidine groups is 1. The minimum atomic E-state index is -0.746. The molecule has 0 aromatic rings. The van der Waals surface area contributed by atoms with Crippen LogP contribution in [0.15, 0.2) is 0 Å². The first-order valence-electron chi connectivity index (χ1n) is 4.29. The van der Waals surface area contributed by atoms with E-state index in [0.717, 1.165) is 13.0 Å². The molecule has 0 heterocycles. The lowest BCUT2D eigenvalue weighted by Gasteiger charge is -2.01. The summed E-state index contributed by atoms with van der Waals surface area (Å²) in [4.78, 5) is 10.1. The third-order valence-electron chi connectivity index (χ3n) is 1.61. The summed E-state index contributed by atoms with van der Waals surface area (Å²) in [7, 11) is 3.69. The summed E-state index contributed by atoms with van der Waals surface area (Å²) in [6.07, 6.45) is 1.73. The van der Waals surface area contributed by atoms with Gasteiger partial charge < -0.3 is 5.11 Å². The lowest BCUT2D eigenvalue weighted by molar-refractivity contribution is -0.467. The number of nitrogens with zero attached hydrogens (tertiary/aromatic N) is 1. The molecule has 5 heteroatoms. The molecule has 5 nitrogen and oxygen atoms in total. The highest BCUT2D eigenvalue weighted by atomic mass is 16.4. The SMILES string of the molecule is C[N+](C)=C(N)NCCCCC(=O)O. The van der Waals surface area contributed by atoms with Gasteiger partial charge in [-0.1, -0.05) is 0 Å². The van der Waals surface area contributed by atoms with Crippen LogP contribution < -0.4 is 11.1 Å². The molecule has 0 saturated carbocycles. The Morgan fingerprint density at radius 3 is 2.54 bits per heavy atom. The van der Waals surface area contributed by atoms with E-state index in [1.54, 1.807) is 4.58 Å². The van der Waals surface area contributed by atoms with Crippen LogP contribution in [0.25, 0.3) is 0 Å². The van der Waals surface area contributed by atoms with Crippen molar-refractivity contribution >= 4 is 11.9 Å². The number of aliphatic carboxylic acids is 1. The average Bonchev–Trinajstić information content (AvgIpc) is 2.02. The summed E-state index contributed by atoms with van der Waals surface area (Å²) in [5, 5.41) is 11.3. The molecule has 0 fully saturated rings. The van der Waals surface area contributed by atoms with Crippen molar-refractivity contribution in [3.63, 3.8) is 0 Å². The average molecular weight is 188 g/mol. The summed E-state index contributed by atoms with van der Waals surface area (Å²) in [5.74, 6) is -0.139. The Balaban J connectivity index is 3.37. The Bertz CT molecular complexity index is 198. The molecule has 0 unspecified atom stereocenters. The van der Waals surface area contributed by atoms with E-state index >= 15 is 0 Å². The molecule has 0 rings (SSSR count). The summed E-state index contributed by atoms with van der Waals surface area (Å²) in [5.41, 5.74) is 5.57. The molecule has 0 aliphatic carbocycles. The van der Waals surface area contributed by atoms with Crippen LogP contribution in [0.2, 0.25) is 0 Å². The molecule has 0 amide bonds. The van der Waals surface area contributed by atoms with Crippen LogP contribution in [-0.2, 0) is 4.79 Å². The van der Waals surface area contributed by atoms with Crippen LogP contribution in [0.1, 0.15) is 19.3 Å². The minimum Gasteiger partial charge on any atom is -0.481 e. The van der Waals surface area contributed by atoms with E-state index < -0.39 is 5.97 Å². The van der Waals surface area contributed by atoms with Crippen molar-refractivity contribution in [3.05, 3.63) is 0 Å². The molecule has 76 valence electrons. The molecule has 0 saturated heterocycles. The van der Waals surface area contributed by atoms with Gasteiger partial charge in [0.2, 0.25) is 0 Å². The van der Waals surface area contributed by atoms with Gasteiger partial charge in [0, 0.05) is 6.42 Å². The fourth-order valence-electron chi connectivity index (χ4n) is 0.776. The number of nitrogens with one attached hydrogen (secondary N) is 1. The van der Waals surface area contributed by atoms with Gasteiger partial charge in [0.05, 0.1) is 20.6 Å². The molecule has 0 aromatic heterocycles. The molecule has 0 radical (unpaired) electrons. The van der Waals surface area contributed by atoms with Crippen molar-refractivity contribution in [2.24, 2.45) is 5.73 Å². The molecule has 4 N–H and O–H groups in total. The van der Waals surface area contributed by atoms with Crippen LogP contribution in [0.4, 0.5) is 0 Å². The van der Waals surface area contributed by atoms with Gasteiger partial charge in [-0.3, -0.25) is 20.4 Å². The first-order chi connectivity index (χ1) is 6.04. The summed E-state index contributed by atoms with van der Waals surface area (Å²) >= 11 is 0. The second-order valence-corrected chi connectivity index (χ2v) is 3.06. The number of hydrogen-bond donors (Lipinski definition) is 3. The maximum Gasteiger partial charge on any atom is 0.342 e.